The molecule has 3 rings (SSSR count). The maximum absolute atomic E-state index is 5.17. The fraction of sp³-hybridized carbons (Fsp3) is 0.250. The summed E-state index contributed by atoms with van der Waals surface area (Å²) in [5, 5.41) is 14.6. The Morgan fingerprint density at radius 3 is 2.62 bits per heavy atom. The Morgan fingerprint density at radius 1 is 1.04 bits per heavy atom. The second-order valence-corrected chi connectivity index (χ2v) is 6.13. The Kier molecular flexibility index (Phi) is 5.63. The molecule has 2 aromatic carbocycles. The molecule has 0 amide bonds. The number of hydrogen-bond acceptors (Lipinski definition) is 6. The highest BCUT2D eigenvalue weighted by atomic mass is 16.5. The molecule has 0 saturated carbocycles. The Labute approximate surface area is 153 Å². The van der Waals surface area contributed by atoms with Gasteiger partial charge in [-0.15, -0.1) is 5.10 Å². The van der Waals surface area contributed by atoms with Crippen LogP contribution in [0, 0.1) is 13.8 Å². The molecule has 0 aliphatic heterocycles. The molecule has 3 aromatic rings. The van der Waals surface area contributed by atoms with Crippen molar-refractivity contribution < 1.29 is 4.74 Å². The molecule has 0 fully saturated rings. The molecule has 0 unspecified atom stereocenters. The lowest BCUT2D eigenvalue weighted by atomic mass is 10.1. The third-order valence-electron chi connectivity index (χ3n) is 4.07. The zero-order valence-corrected chi connectivity index (χ0v) is 15.3. The van der Waals surface area contributed by atoms with Crippen LogP contribution in [0.3, 0.4) is 0 Å². The summed E-state index contributed by atoms with van der Waals surface area (Å²) >= 11 is 0. The molecule has 0 aliphatic rings. The van der Waals surface area contributed by atoms with Crippen molar-refractivity contribution in [1.82, 2.24) is 15.2 Å². The molecule has 0 bridgehead atoms. The molecule has 0 spiro atoms. The van der Waals surface area contributed by atoms with E-state index in [0.29, 0.717) is 11.8 Å². The van der Waals surface area contributed by atoms with Gasteiger partial charge in [0.1, 0.15) is 5.75 Å². The molecule has 1 heterocycles. The summed E-state index contributed by atoms with van der Waals surface area (Å²) < 4.78 is 5.17. The standard InChI is InChI=1S/C20H23N5O/c1-14-4-5-15(2)18(12-14)23-19-13-22-25-20(24-19)21-11-10-16-6-8-17(26-3)9-7-16/h4-9,12-13H,10-11H2,1-3H3,(H2,21,23,24,25). The second-order valence-electron chi connectivity index (χ2n) is 6.13. The van der Waals surface area contributed by atoms with Gasteiger partial charge in [-0.3, -0.25) is 0 Å². The van der Waals surface area contributed by atoms with E-state index in [9.17, 15) is 0 Å². The predicted octanol–water partition coefficient (Wildman–Crippen LogP) is 3.90. The van der Waals surface area contributed by atoms with Crippen LogP contribution in [0.5, 0.6) is 5.75 Å². The summed E-state index contributed by atoms with van der Waals surface area (Å²) in [5.74, 6) is 2.04. The molecule has 1 aromatic heterocycles. The van der Waals surface area contributed by atoms with Crippen molar-refractivity contribution >= 4 is 17.5 Å². The Hall–Kier alpha value is -3.15. The minimum atomic E-state index is 0.508. The maximum Gasteiger partial charge on any atom is 0.244 e. The first-order valence-corrected chi connectivity index (χ1v) is 8.55. The van der Waals surface area contributed by atoms with E-state index in [2.05, 4.69) is 70.0 Å². The van der Waals surface area contributed by atoms with Crippen LogP contribution >= 0.6 is 0 Å². The molecule has 26 heavy (non-hydrogen) atoms. The van der Waals surface area contributed by atoms with E-state index in [1.807, 2.05) is 12.1 Å². The zero-order valence-electron chi connectivity index (χ0n) is 15.3. The highest BCUT2D eigenvalue weighted by molar-refractivity contribution is 5.61. The van der Waals surface area contributed by atoms with Gasteiger partial charge in [-0.25, -0.2) is 0 Å². The van der Waals surface area contributed by atoms with Gasteiger partial charge in [0.15, 0.2) is 5.82 Å². The van der Waals surface area contributed by atoms with Gasteiger partial charge in [0.2, 0.25) is 5.95 Å². The summed E-state index contributed by atoms with van der Waals surface area (Å²) in [4.78, 5) is 4.48. The Balaban J connectivity index is 1.59. The highest BCUT2D eigenvalue weighted by Gasteiger charge is 2.04. The predicted molar refractivity (Wildman–Crippen MR) is 104 cm³/mol. The molecule has 0 aliphatic carbocycles. The van der Waals surface area contributed by atoms with Gasteiger partial charge in [0.25, 0.3) is 0 Å². The molecular formula is C20H23N5O. The van der Waals surface area contributed by atoms with Gasteiger partial charge in [-0.2, -0.15) is 10.1 Å². The quantitative estimate of drug-likeness (QED) is 0.674. The maximum atomic E-state index is 5.17. The number of aryl methyl sites for hydroxylation is 2. The van der Waals surface area contributed by atoms with E-state index in [4.69, 9.17) is 4.74 Å². The Morgan fingerprint density at radius 2 is 1.85 bits per heavy atom. The average Bonchev–Trinajstić information content (AvgIpc) is 2.66. The van der Waals surface area contributed by atoms with Gasteiger partial charge in [-0.05, 0) is 55.2 Å². The van der Waals surface area contributed by atoms with Crippen LogP contribution in [0.1, 0.15) is 16.7 Å². The van der Waals surface area contributed by atoms with Crippen molar-refractivity contribution in [2.24, 2.45) is 0 Å². The monoisotopic (exact) mass is 349 g/mol. The first-order chi connectivity index (χ1) is 12.6. The normalized spacial score (nSPS) is 10.4. The zero-order chi connectivity index (χ0) is 18.4. The number of ether oxygens (including phenoxy) is 1. The van der Waals surface area contributed by atoms with Crippen LogP contribution in [0.15, 0.2) is 48.7 Å². The van der Waals surface area contributed by atoms with Crippen molar-refractivity contribution in [3.05, 3.63) is 65.4 Å². The van der Waals surface area contributed by atoms with Gasteiger partial charge in [0.05, 0.1) is 13.3 Å². The summed E-state index contributed by atoms with van der Waals surface area (Å²) in [5.41, 5.74) is 4.59. The second kappa shape index (κ2) is 8.29. The highest BCUT2D eigenvalue weighted by Crippen LogP contribution is 2.20. The van der Waals surface area contributed by atoms with Crippen molar-refractivity contribution in [3.8, 4) is 5.75 Å². The minimum Gasteiger partial charge on any atom is -0.497 e. The lowest BCUT2D eigenvalue weighted by molar-refractivity contribution is 0.414. The van der Waals surface area contributed by atoms with E-state index < -0.39 is 0 Å². The van der Waals surface area contributed by atoms with Crippen LogP contribution in [0.4, 0.5) is 17.5 Å². The van der Waals surface area contributed by atoms with Crippen molar-refractivity contribution in [2.45, 2.75) is 20.3 Å². The number of nitrogens with zero attached hydrogens (tertiary/aromatic N) is 3. The van der Waals surface area contributed by atoms with E-state index in [1.54, 1.807) is 13.3 Å². The van der Waals surface area contributed by atoms with Crippen LogP contribution in [-0.2, 0) is 6.42 Å². The number of nitrogens with one attached hydrogen (secondary N) is 2. The van der Waals surface area contributed by atoms with Crippen LogP contribution < -0.4 is 15.4 Å². The van der Waals surface area contributed by atoms with E-state index in [-0.39, 0.29) is 0 Å². The largest absolute Gasteiger partial charge is 0.497 e. The van der Waals surface area contributed by atoms with E-state index in [0.717, 1.165) is 30.0 Å². The molecule has 6 heteroatoms. The first-order valence-electron chi connectivity index (χ1n) is 8.55. The van der Waals surface area contributed by atoms with Crippen molar-refractivity contribution in [2.75, 3.05) is 24.3 Å². The molecule has 0 atom stereocenters. The van der Waals surface area contributed by atoms with E-state index in [1.165, 1.54) is 11.1 Å². The molecule has 0 saturated heterocycles. The minimum absolute atomic E-state index is 0.508. The number of rotatable bonds is 7. The fourth-order valence-corrected chi connectivity index (χ4v) is 2.56. The summed E-state index contributed by atoms with van der Waals surface area (Å²) in [7, 11) is 1.67. The molecule has 2 N–H and O–H groups in total. The number of aromatic nitrogens is 3. The molecule has 0 radical (unpaired) electrons. The van der Waals surface area contributed by atoms with Crippen LogP contribution in [0.25, 0.3) is 0 Å². The summed E-state index contributed by atoms with van der Waals surface area (Å²) in [6.45, 7) is 4.85. The van der Waals surface area contributed by atoms with Gasteiger partial charge < -0.3 is 15.4 Å². The fourth-order valence-electron chi connectivity index (χ4n) is 2.56. The van der Waals surface area contributed by atoms with Gasteiger partial charge >= 0.3 is 0 Å². The molecule has 134 valence electrons. The number of benzene rings is 2. The molecular weight excluding hydrogens is 326 g/mol. The summed E-state index contributed by atoms with van der Waals surface area (Å²) in [6, 6.07) is 14.3. The van der Waals surface area contributed by atoms with Crippen molar-refractivity contribution in [3.63, 3.8) is 0 Å². The lowest BCUT2D eigenvalue weighted by Gasteiger charge is -2.10. The van der Waals surface area contributed by atoms with Crippen molar-refractivity contribution in [1.29, 1.82) is 0 Å². The lowest BCUT2D eigenvalue weighted by Crippen LogP contribution is -2.10. The number of anilines is 3. The van der Waals surface area contributed by atoms with E-state index >= 15 is 0 Å². The third-order valence-corrected chi connectivity index (χ3v) is 4.07. The summed E-state index contributed by atoms with van der Waals surface area (Å²) in [6.07, 6.45) is 2.48. The third kappa shape index (κ3) is 4.69. The Bertz CT molecular complexity index is 864. The smallest absolute Gasteiger partial charge is 0.244 e. The average molecular weight is 349 g/mol. The molecule has 6 nitrogen and oxygen atoms in total. The van der Waals surface area contributed by atoms with Crippen LogP contribution in [-0.4, -0.2) is 28.8 Å². The van der Waals surface area contributed by atoms with Crippen LogP contribution in [0.2, 0.25) is 0 Å². The number of hydrogen-bond donors (Lipinski definition) is 2. The SMILES string of the molecule is COc1ccc(CCNc2nncc(Nc3cc(C)ccc3C)n2)cc1. The number of methoxy groups -OCH3 is 1. The van der Waals surface area contributed by atoms with Gasteiger partial charge in [-0.1, -0.05) is 24.3 Å². The van der Waals surface area contributed by atoms with Gasteiger partial charge in [0, 0.05) is 12.2 Å². The topological polar surface area (TPSA) is 72.0 Å². The first kappa shape index (κ1) is 17.7.